The first-order chi connectivity index (χ1) is 9.63. The van der Waals surface area contributed by atoms with Gasteiger partial charge in [-0.3, -0.25) is 0 Å². The molecule has 0 heterocycles. The Hall–Kier alpha value is -1.31. The summed E-state index contributed by atoms with van der Waals surface area (Å²) in [7, 11) is 0. The third-order valence-electron chi connectivity index (χ3n) is 4.11. The van der Waals surface area contributed by atoms with Crippen molar-refractivity contribution in [2.75, 3.05) is 0 Å². The van der Waals surface area contributed by atoms with E-state index in [-0.39, 0.29) is 0 Å². The average molecular weight is 287 g/mol. The van der Waals surface area contributed by atoms with Crippen LogP contribution in [0.1, 0.15) is 40.3 Å². The van der Waals surface area contributed by atoms with Crippen LogP contribution >= 0.6 is 11.6 Å². The lowest BCUT2D eigenvalue weighted by atomic mass is 9.98. The zero-order valence-corrected chi connectivity index (χ0v) is 12.5. The SMILES string of the molecule is Cc1ccc(C(O)Cc2ccc3c(c2)CCC3)c(Cl)c1. The van der Waals surface area contributed by atoms with Crippen LogP contribution in [0, 0.1) is 6.92 Å². The molecule has 2 heteroatoms. The van der Waals surface area contributed by atoms with Gasteiger partial charge in [-0.2, -0.15) is 0 Å². The minimum Gasteiger partial charge on any atom is -0.388 e. The molecule has 0 aromatic heterocycles. The van der Waals surface area contributed by atoms with E-state index in [1.165, 1.54) is 36.0 Å². The lowest BCUT2D eigenvalue weighted by Gasteiger charge is -2.14. The predicted octanol–water partition coefficient (Wildman–Crippen LogP) is 4.41. The maximum atomic E-state index is 10.4. The summed E-state index contributed by atoms with van der Waals surface area (Å²) in [6.45, 7) is 2.00. The third-order valence-corrected chi connectivity index (χ3v) is 4.43. The predicted molar refractivity (Wildman–Crippen MR) is 83.3 cm³/mol. The monoisotopic (exact) mass is 286 g/mol. The first kappa shape index (κ1) is 13.7. The van der Waals surface area contributed by atoms with Gasteiger partial charge in [0.2, 0.25) is 0 Å². The van der Waals surface area contributed by atoms with Crippen LogP contribution in [0.5, 0.6) is 0 Å². The highest BCUT2D eigenvalue weighted by Crippen LogP contribution is 2.29. The van der Waals surface area contributed by atoms with Crippen LogP contribution in [0.2, 0.25) is 5.02 Å². The largest absolute Gasteiger partial charge is 0.388 e. The number of benzene rings is 2. The van der Waals surface area contributed by atoms with E-state index in [0.717, 1.165) is 11.1 Å². The minimum absolute atomic E-state index is 0.539. The highest BCUT2D eigenvalue weighted by atomic mass is 35.5. The van der Waals surface area contributed by atoms with Crippen molar-refractivity contribution in [1.82, 2.24) is 0 Å². The number of halogens is 1. The molecule has 1 aliphatic carbocycles. The molecule has 1 nitrogen and oxygen atoms in total. The van der Waals surface area contributed by atoms with Gasteiger partial charge in [0.25, 0.3) is 0 Å². The molecule has 0 fully saturated rings. The molecule has 20 heavy (non-hydrogen) atoms. The van der Waals surface area contributed by atoms with Gasteiger partial charge in [-0.15, -0.1) is 0 Å². The lowest BCUT2D eigenvalue weighted by molar-refractivity contribution is 0.178. The second-order valence-electron chi connectivity index (χ2n) is 5.70. The minimum atomic E-state index is -0.539. The van der Waals surface area contributed by atoms with E-state index >= 15 is 0 Å². The van der Waals surface area contributed by atoms with Gasteiger partial charge >= 0.3 is 0 Å². The van der Waals surface area contributed by atoms with Crippen molar-refractivity contribution in [3.05, 3.63) is 69.2 Å². The van der Waals surface area contributed by atoms with Crippen molar-refractivity contribution < 1.29 is 5.11 Å². The van der Waals surface area contributed by atoms with E-state index in [1.54, 1.807) is 0 Å². The summed E-state index contributed by atoms with van der Waals surface area (Å²) in [5, 5.41) is 11.1. The number of hydrogen-bond acceptors (Lipinski definition) is 1. The fourth-order valence-electron chi connectivity index (χ4n) is 2.99. The van der Waals surface area contributed by atoms with E-state index in [2.05, 4.69) is 18.2 Å². The molecule has 0 saturated carbocycles. The van der Waals surface area contributed by atoms with Crippen LogP contribution in [-0.2, 0) is 19.3 Å². The highest BCUT2D eigenvalue weighted by Gasteiger charge is 2.15. The van der Waals surface area contributed by atoms with Crippen molar-refractivity contribution in [3.63, 3.8) is 0 Å². The number of rotatable bonds is 3. The molecule has 0 radical (unpaired) electrons. The van der Waals surface area contributed by atoms with E-state index in [0.29, 0.717) is 11.4 Å². The van der Waals surface area contributed by atoms with Crippen LogP contribution in [0.15, 0.2) is 36.4 Å². The first-order valence-electron chi connectivity index (χ1n) is 7.18. The van der Waals surface area contributed by atoms with E-state index < -0.39 is 6.10 Å². The van der Waals surface area contributed by atoms with Gasteiger partial charge in [0, 0.05) is 11.4 Å². The normalized spacial score (nSPS) is 15.2. The summed E-state index contributed by atoms with van der Waals surface area (Å²) in [6.07, 6.45) is 3.70. The second-order valence-corrected chi connectivity index (χ2v) is 6.11. The van der Waals surface area contributed by atoms with Crippen LogP contribution in [0.25, 0.3) is 0 Å². The number of fused-ring (bicyclic) bond motifs is 1. The van der Waals surface area contributed by atoms with Gasteiger partial charge in [-0.25, -0.2) is 0 Å². The third kappa shape index (κ3) is 2.74. The number of aliphatic hydroxyl groups excluding tert-OH is 1. The highest BCUT2D eigenvalue weighted by molar-refractivity contribution is 6.31. The Morgan fingerprint density at radius 3 is 2.70 bits per heavy atom. The average Bonchev–Trinajstić information content (AvgIpc) is 2.85. The van der Waals surface area contributed by atoms with Crippen LogP contribution in [-0.4, -0.2) is 5.11 Å². The maximum absolute atomic E-state index is 10.4. The maximum Gasteiger partial charge on any atom is 0.0844 e. The van der Waals surface area contributed by atoms with Gasteiger partial charge < -0.3 is 5.11 Å². The number of hydrogen-bond donors (Lipinski definition) is 1. The smallest absolute Gasteiger partial charge is 0.0844 e. The Kier molecular flexibility index (Phi) is 3.82. The van der Waals surface area contributed by atoms with Crippen molar-refractivity contribution in [2.24, 2.45) is 0 Å². The topological polar surface area (TPSA) is 20.2 Å². The number of aryl methyl sites for hydroxylation is 3. The Balaban J connectivity index is 1.80. The molecule has 104 valence electrons. The molecule has 2 aromatic rings. The van der Waals surface area contributed by atoms with Crippen LogP contribution in [0.4, 0.5) is 0 Å². The summed E-state index contributed by atoms with van der Waals surface area (Å²) < 4.78 is 0. The molecule has 1 unspecified atom stereocenters. The fraction of sp³-hybridized carbons (Fsp3) is 0.333. The molecule has 0 spiro atoms. The van der Waals surface area contributed by atoms with E-state index in [1.807, 2.05) is 25.1 Å². The molecule has 0 saturated heterocycles. The standard InChI is InChI=1S/C18H19ClO/c1-12-5-8-16(17(19)9-12)18(20)11-13-6-7-14-3-2-4-15(14)10-13/h5-10,18,20H,2-4,11H2,1H3. The van der Waals surface area contributed by atoms with E-state index in [9.17, 15) is 5.11 Å². The molecular weight excluding hydrogens is 268 g/mol. The molecule has 0 amide bonds. The van der Waals surface area contributed by atoms with Crippen molar-refractivity contribution in [3.8, 4) is 0 Å². The van der Waals surface area contributed by atoms with Crippen LogP contribution in [0.3, 0.4) is 0 Å². The van der Waals surface area contributed by atoms with Crippen molar-refractivity contribution in [2.45, 2.75) is 38.7 Å². The molecule has 1 atom stereocenters. The zero-order valence-electron chi connectivity index (χ0n) is 11.7. The van der Waals surface area contributed by atoms with Crippen molar-refractivity contribution in [1.29, 1.82) is 0 Å². The number of aliphatic hydroxyl groups is 1. The van der Waals surface area contributed by atoms with Gasteiger partial charge in [0.05, 0.1) is 6.10 Å². The van der Waals surface area contributed by atoms with Gasteiger partial charge in [0.1, 0.15) is 0 Å². The Labute approximate surface area is 125 Å². The lowest BCUT2D eigenvalue weighted by Crippen LogP contribution is -2.03. The molecule has 0 bridgehead atoms. The zero-order chi connectivity index (χ0) is 14.1. The Morgan fingerprint density at radius 2 is 1.90 bits per heavy atom. The first-order valence-corrected chi connectivity index (χ1v) is 7.56. The Morgan fingerprint density at radius 1 is 1.10 bits per heavy atom. The summed E-state index contributed by atoms with van der Waals surface area (Å²) in [4.78, 5) is 0. The molecule has 3 rings (SSSR count). The second kappa shape index (κ2) is 5.59. The van der Waals surface area contributed by atoms with E-state index in [4.69, 9.17) is 11.6 Å². The van der Waals surface area contributed by atoms with Gasteiger partial charge in [-0.1, -0.05) is 41.9 Å². The summed E-state index contributed by atoms with van der Waals surface area (Å²) in [5.74, 6) is 0. The summed E-state index contributed by atoms with van der Waals surface area (Å²) in [5.41, 5.74) is 6.04. The van der Waals surface area contributed by atoms with Crippen LogP contribution < -0.4 is 0 Å². The quantitative estimate of drug-likeness (QED) is 0.886. The summed E-state index contributed by atoms with van der Waals surface area (Å²) in [6, 6.07) is 12.4. The van der Waals surface area contributed by atoms with Gasteiger partial charge in [0.15, 0.2) is 0 Å². The Bertz CT molecular complexity index is 633. The molecule has 1 aliphatic rings. The molecule has 0 aliphatic heterocycles. The molecule has 1 N–H and O–H groups in total. The summed E-state index contributed by atoms with van der Waals surface area (Å²) >= 11 is 6.22. The van der Waals surface area contributed by atoms with Crippen molar-refractivity contribution >= 4 is 11.6 Å². The fourth-order valence-corrected chi connectivity index (χ4v) is 3.35. The molecular formula is C18H19ClO. The molecule has 2 aromatic carbocycles. The van der Waals surface area contributed by atoms with Gasteiger partial charge in [-0.05, 0) is 60.1 Å².